The van der Waals surface area contributed by atoms with E-state index in [1.165, 1.54) is 10.7 Å². The van der Waals surface area contributed by atoms with Crippen LogP contribution in [0.5, 0.6) is 5.75 Å². The minimum absolute atomic E-state index is 0.0367. The molecule has 0 saturated carbocycles. The van der Waals surface area contributed by atoms with Crippen LogP contribution in [-0.2, 0) is 11.5 Å². The first-order chi connectivity index (χ1) is 14.8. The molecule has 0 bridgehead atoms. The van der Waals surface area contributed by atoms with Crippen molar-refractivity contribution in [1.29, 1.82) is 0 Å². The van der Waals surface area contributed by atoms with Gasteiger partial charge in [-0.2, -0.15) is 5.10 Å². The second-order valence-electron chi connectivity index (χ2n) is 6.24. The van der Waals surface area contributed by atoms with Gasteiger partial charge < -0.3 is 20.5 Å². The van der Waals surface area contributed by atoms with Crippen molar-refractivity contribution in [2.24, 2.45) is 5.73 Å². The lowest BCUT2D eigenvalue weighted by atomic mass is 10.1. The Hall–Kier alpha value is -3.37. The Bertz CT molecular complexity index is 1140. The number of nitrogens with zero attached hydrogens (tertiary/aromatic N) is 2. The summed E-state index contributed by atoms with van der Waals surface area (Å²) in [5.74, 6) is -1.44. The number of esters is 1. The Morgan fingerprint density at radius 1 is 1.26 bits per heavy atom. The smallest absolute Gasteiger partial charge is 0.341 e. The normalized spacial score (nSPS) is 10.5. The fourth-order valence-corrected chi connectivity index (χ4v) is 3.94. The van der Waals surface area contributed by atoms with E-state index < -0.39 is 17.8 Å². The number of hydrogen-bond acceptors (Lipinski definition) is 7. The maximum atomic E-state index is 12.7. The molecule has 0 atom stereocenters. The van der Waals surface area contributed by atoms with Gasteiger partial charge in [-0.05, 0) is 37.6 Å². The number of halogens is 1. The van der Waals surface area contributed by atoms with Gasteiger partial charge in [0.25, 0.3) is 11.8 Å². The SMILES string of the molecule is CCOC(=O)c1c(NC(=O)c2ccn(COc3ccccc3Cl)n2)sc(C(N)=O)c1C. The number of ether oxygens (including phenoxy) is 2. The van der Waals surface area contributed by atoms with E-state index in [0.717, 1.165) is 11.3 Å². The van der Waals surface area contributed by atoms with Gasteiger partial charge in [0.15, 0.2) is 12.4 Å². The molecule has 2 aromatic heterocycles. The largest absolute Gasteiger partial charge is 0.470 e. The number of carbonyl (C=O) groups excluding carboxylic acids is 3. The molecule has 1 aromatic carbocycles. The third-order valence-corrected chi connectivity index (χ3v) is 5.67. The van der Waals surface area contributed by atoms with Crippen LogP contribution in [0.2, 0.25) is 5.02 Å². The molecule has 162 valence electrons. The number of rotatable bonds is 8. The van der Waals surface area contributed by atoms with E-state index in [0.29, 0.717) is 16.3 Å². The maximum Gasteiger partial charge on any atom is 0.341 e. The Morgan fingerprint density at radius 2 is 2.00 bits per heavy atom. The summed E-state index contributed by atoms with van der Waals surface area (Å²) in [5.41, 5.74) is 5.91. The van der Waals surface area contributed by atoms with Crippen LogP contribution in [0.3, 0.4) is 0 Å². The maximum absolute atomic E-state index is 12.7. The summed E-state index contributed by atoms with van der Waals surface area (Å²) in [7, 11) is 0. The summed E-state index contributed by atoms with van der Waals surface area (Å²) >= 11 is 6.95. The number of anilines is 1. The van der Waals surface area contributed by atoms with Crippen molar-refractivity contribution in [2.45, 2.75) is 20.6 Å². The molecule has 3 aromatic rings. The van der Waals surface area contributed by atoms with E-state index in [-0.39, 0.29) is 34.5 Å². The molecule has 0 aliphatic rings. The van der Waals surface area contributed by atoms with Gasteiger partial charge in [0.05, 0.1) is 22.1 Å². The van der Waals surface area contributed by atoms with Gasteiger partial charge >= 0.3 is 5.97 Å². The molecule has 2 heterocycles. The molecule has 11 heteroatoms. The molecule has 9 nitrogen and oxygen atoms in total. The van der Waals surface area contributed by atoms with Gasteiger partial charge in [-0.1, -0.05) is 23.7 Å². The number of benzene rings is 1. The highest BCUT2D eigenvalue weighted by Crippen LogP contribution is 2.33. The van der Waals surface area contributed by atoms with Gasteiger partial charge in [0.2, 0.25) is 0 Å². The van der Waals surface area contributed by atoms with Crippen molar-refractivity contribution in [3.05, 3.63) is 63.2 Å². The number of amides is 2. The van der Waals surface area contributed by atoms with E-state index in [1.54, 1.807) is 44.3 Å². The fraction of sp³-hybridized carbons (Fsp3) is 0.200. The average molecular weight is 463 g/mol. The van der Waals surface area contributed by atoms with Gasteiger partial charge in [0, 0.05) is 6.20 Å². The molecule has 0 aliphatic heterocycles. The summed E-state index contributed by atoms with van der Waals surface area (Å²) in [6.07, 6.45) is 1.56. The highest BCUT2D eigenvalue weighted by Gasteiger charge is 2.26. The van der Waals surface area contributed by atoms with E-state index >= 15 is 0 Å². The first kappa shape index (κ1) is 22.3. The number of carbonyl (C=O) groups is 3. The van der Waals surface area contributed by atoms with Crippen molar-refractivity contribution < 1.29 is 23.9 Å². The van der Waals surface area contributed by atoms with Gasteiger partial charge in [0.1, 0.15) is 10.8 Å². The molecule has 3 N–H and O–H groups in total. The lowest BCUT2D eigenvalue weighted by molar-refractivity contribution is 0.0527. The predicted molar refractivity (Wildman–Crippen MR) is 116 cm³/mol. The molecule has 0 unspecified atom stereocenters. The van der Waals surface area contributed by atoms with Crippen LogP contribution in [-0.4, -0.2) is 34.2 Å². The van der Waals surface area contributed by atoms with Crippen LogP contribution in [0, 0.1) is 6.92 Å². The van der Waals surface area contributed by atoms with Crippen LogP contribution in [0.1, 0.15) is 43.0 Å². The molecule has 31 heavy (non-hydrogen) atoms. The zero-order chi connectivity index (χ0) is 22.5. The van der Waals surface area contributed by atoms with Crippen molar-refractivity contribution >= 4 is 45.7 Å². The molecule has 0 aliphatic carbocycles. The van der Waals surface area contributed by atoms with Crippen LogP contribution in [0.15, 0.2) is 36.5 Å². The van der Waals surface area contributed by atoms with Gasteiger partial charge in [-0.25, -0.2) is 9.48 Å². The number of thiophene rings is 1. The standard InChI is InChI=1S/C20H19ClN4O5S/c1-3-29-20(28)15-11(2)16(17(22)26)31-19(15)23-18(27)13-8-9-25(24-13)10-30-14-7-5-4-6-12(14)21/h4-9H,3,10H2,1-2H3,(H2,22,26)(H,23,27). The van der Waals surface area contributed by atoms with Crippen LogP contribution in [0.25, 0.3) is 0 Å². The molecule has 2 amide bonds. The minimum atomic E-state index is -0.699. The zero-order valence-corrected chi connectivity index (χ0v) is 18.2. The first-order valence-electron chi connectivity index (χ1n) is 9.14. The lowest BCUT2D eigenvalue weighted by Gasteiger charge is -2.07. The Labute approximate surface area is 186 Å². The van der Waals surface area contributed by atoms with Crippen molar-refractivity contribution in [3.8, 4) is 5.75 Å². The van der Waals surface area contributed by atoms with Gasteiger partial charge in [-0.15, -0.1) is 11.3 Å². The monoisotopic (exact) mass is 462 g/mol. The number of nitrogens with one attached hydrogen (secondary N) is 1. The third kappa shape index (κ3) is 5.04. The number of primary amides is 1. The second-order valence-corrected chi connectivity index (χ2v) is 7.67. The van der Waals surface area contributed by atoms with Crippen LogP contribution >= 0.6 is 22.9 Å². The molecule has 0 saturated heterocycles. The van der Waals surface area contributed by atoms with Crippen molar-refractivity contribution in [3.63, 3.8) is 0 Å². The second kappa shape index (κ2) is 9.63. The van der Waals surface area contributed by atoms with E-state index in [4.69, 9.17) is 26.8 Å². The third-order valence-electron chi connectivity index (χ3n) is 4.14. The van der Waals surface area contributed by atoms with Crippen LogP contribution < -0.4 is 15.8 Å². The molecule has 3 rings (SSSR count). The van der Waals surface area contributed by atoms with Crippen molar-refractivity contribution in [2.75, 3.05) is 11.9 Å². The highest BCUT2D eigenvalue weighted by atomic mass is 35.5. The summed E-state index contributed by atoms with van der Waals surface area (Å²) in [6, 6.07) is 8.47. The molecule has 0 fully saturated rings. The number of hydrogen-bond donors (Lipinski definition) is 2. The predicted octanol–water partition coefficient (Wildman–Crippen LogP) is 3.47. The summed E-state index contributed by atoms with van der Waals surface area (Å²) in [6.45, 7) is 3.40. The molecule has 0 radical (unpaired) electrons. The van der Waals surface area contributed by atoms with Crippen LogP contribution in [0.4, 0.5) is 5.00 Å². The average Bonchev–Trinajstić information content (AvgIpc) is 3.32. The van der Waals surface area contributed by atoms with E-state index in [2.05, 4.69) is 10.4 Å². The Kier molecular flexibility index (Phi) is 6.93. The molecular formula is C20H19ClN4O5S. The lowest BCUT2D eigenvalue weighted by Crippen LogP contribution is -2.16. The highest BCUT2D eigenvalue weighted by molar-refractivity contribution is 7.18. The van der Waals surface area contributed by atoms with E-state index in [9.17, 15) is 14.4 Å². The quantitative estimate of drug-likeness (QED) is 0.493. The van der Waals surface area contributed by atoms with E-state index in [1.807, 2.05) is 0 Å². The number of aromatic nitrogens is 2. The first-order valence-corrected chi connectivity index (χ1v) is 10.3. The fourth-order valence-electron chi connectivity index (χ4n) is 2.70. The molecular weight excluding hydrogens is 444 g/mol. The number of nitrogens with two attached hydrogens (primary N) is 1. The number of para-hydroxylation sites is 1. The Balaban J connectivity index is 1.76. The molecule has 0 spiro atoms. The topological polar surface area (TPSA) is 126 Å². The summed E-state index contributed by atoms with van der Waals surface area (Å²) in [5, 5.41) is 7.39. The minimum Gasteiger partial charge on any atom is -0.470 e. The van der Waals surface area contributed by atoms with Crippen molar-refractivity contribution in [1.82, 2.24) is 9.78 Å². The summed E-state index contributed by atoms with van der Waals surface area (Å²) in [4.78, 5) is 36.8. The Morgan fingerprint density at radius 3 is 2.68 bits per heavy atom. The van der Waals surface area contributed by atoms with Gasteiger partial charge in [-0.3, -0.25) is 9.59 Å². The summed E-state index contributed by atoms with van der Waals surface area (Å²) < 4.78 is 12.0. The zero-order valence-electron chi connectivity index (χ0n) is 16.7.